The van der Waals surface area contributed by atoms with Crippen LogP contribution < -0.4 is 5.32 Å². The van der Waals surface area contributed by atoms with Gasteiger partial charge in [-0.05, 0) is 31.5 Å². The van der Waals surface area contributed by atoms with Crippen LogP contribution in [0.2, 0.25) is 5.02 Å². The van der Waals surface area contributed by atoms with Gasteiger partial charge in [-0.3, -0.25) is 0 Å². The normalized spacial score (nSPS) is 11.9. The molecule has 0 aliphatic carbocycles. The lowest BCUT2D eigenvalue weighted by atomic mass is 10.2. The molecule has 2 rings (SSSR count). The summed E-state index contributed by atoms with van der Waals surface area (Å²) in [5, 5.41) is 21.6. The molecule has 0 fully saturated rings. The van der Waals surface area contributed by atoms with E-state index in [1.807, 2.05) is 32.0 Å². The Bertz CT molecular complexity index is 636. The van der Waals surface area contributed by atoms with Crippen molar-refractivity contribution in [1.82, 2.24) is 10.2 Å². The molecular formula is C13H13ClN4S2. The van der Waals surface area contributed by atoms with E-state index in [4.69, 9.17) is 16.9 Å². The summed E-state index contributed by atoms with van der Waals surface area (Å²) in [6.45, 7) is 3.85. The van der Waals surface area contributed by atoms with Crippen LogP contribution >= 0.6 is 34.7 Å². The van der Waals surface area contributed by atoms with Crippen LogP contribution in [-0.2, 0) is 0 Å². The number of rotatable bonds is 5. The molecule has 0 aliphatic heterocycles. The van der Waals surface area contributed by atoms with Gasteiger partial charge in [0.25, 0.3) is 0 Å². The molecule has 104 valence electrons. The van der Waals surface area contributed by atoms with Crippen molar-refractivity contribution in [2.75, 3.05) is 11.1 Å². The number of nitrogens with one attached hydrogen (secondary N) is 1. The second-order valence-corrected chi connectivity index (χ2v) is 6.90. The predicted molar refractivity (Wildman–Crippen MR) is 84.9 cm³/mol. The molecule has 1 heterocycles. The zero-order chi connectivity index (χ0) is 14.5. The van der Waals surface area contributed by atoms with Gasteiger partial charge in [-0.25, -0.2) is 0 Å². The zero-order valence-electron chi connectivity index (χ0n) is 11.1. The quantitative estimate of drug-likeness (QED) is 0.821. The summed E-state index contributed by atoms with van der Waals surface area (Å²) in [5.41, 5.74) is 1.91. The fourth-order valence-corrected chi connectivity index (χ4v) is 3.32. The average Bonchev–Trinajstić information content (AvgIpc) is 2.89. The summed E-state index contributed by atoms with van der Waals surface area (Å²) in [6.07, 6.45) is 0. The minimum Gasteiger partial charge on any atom is -0.330 e. The van der Waals surface area contributed by atoms with E-state index in [0.717, 1.165) is 31.5 Å². The van der Waals surface area contributed by atoms with Crippen molar-refractivity contribution in [3.63, 3.8) is 0 Å². The lowest BCUT2D eigenvalue weighted by molar-refractivity contribution is 0.862. The Labute approximate surface area is 131 Å². The van der Waals surface area contributed by atoms with Crippen molar-refractivity contribution in [2.24, 2.45) is 5.92 Å². The lowest BCUT2D eigenvalue weighted by Gasteiger charge is -2.06. The van der Waals surface area contributed by atoms with E-state index in [1.165, 1.54) is 11.3 Å². The molecular weight excluding hydrogens is 312 g/mol. The number of hydrogen-bond donors (Lipinski definition) is 1. The molecule has 0 saturated carbocycles. The van der Waals surface area contributed by atoms with Crippen LogP contribution in [0.25, 0.3) is 0 Å². The van der Waals surface area contributed by atoms with Gasteiger partial charge in [-0.1, -0.05) is 40.8 Å². The zero-order valence-corrected chi connectivity index (χ0v) is 13.4. The number of hydrogen-bond acceptors (Lipinski definition) is 6. The van der Waals surface area contributed by atoms with Crippen LogP contribution in [0.3, 0.4) is 0 Å². The molecule has 20 heavy (non-hydrogen) atoms. The molecule has 0 amide bonds. The molecule has 0 spiro atoms. The standard InChI is InChI=1S/C13H13ClN4S2/c1-8(6-15)7-19-13-18-17-12(20-13)16-11-5-3-4-10(14)9(11)2/h3-5,8H,7H2,1-2H3,(H,16,17)/t8-/m1/s1. The van der Waals surface area contributed by atoms with Crippen molar-refractivity contribution >= 4 is 45.5 Å². The topological polar surface area (TPSA) is 61.6 Å². The van der Waals surface area contributed by atoms with Crippen LogP contribution in [0.1, 0.15) is 12.5 Å². The van der Waals surface area contributed by atoms with Gasteiger partial charge in [0.15, 0.2) is 4.34 Å². The van der Waals surface area contributed by atoms with Gasteiger partial charge in [0.05, 0.1) is 12.0 Å². The van der Waals surface area contributed by atoms with Crippen molar-refractivity contribution < 1.29 is 0 Å². The summed E-state index contributed by atoms with van der Waals surface area (Å²) in [6, 6.07) is 7.90. The lowest BCUT2D eigenvalue weighted by Crippen LogP contribution is -1.92. The molecule has 1 aromatic carbocycles. The number of benzene rings is 1. The van der Waals surface area contributed by atoms with E-state index < -0.39 is 0 Å². The maximum Gasteiger partial charge on any atom is 0.210 e. The predicted octanol–water partition coefficient (Wildman–Crippen LogP) is 4.50. The third-order valence-corrected chi connectivity index (χ3v) is 5.23. The minimum absolute atomic E-state index is 0.00971. The Morgan fingerprint density at radius 1 is 1.50 bits per heavy atom. The Balaban J connectivity index is 2.03. The van der Waals surface area contributed by atoms with Gasteiger partial charge >= 0.3 is 0 Å². The van der Waals surface area contributed by atoms with E-state index in [0.29, 0.717) is 0 Å². The first-order valence-electron chi connectivity index (χ1n) is 5.98. The maximum atomic E-state index is 8.75. The van der Waals surface area contributed by atoms with Gasteiger partial charge in [0, 0.05) is 16.5 Å². The van der Waals surface area contributed by atoms with Crippen LogP contribution in [-0.4, -0.2) is 16.0 Å². The second-order valence-electron chi connectivity index (χ2n) is 4.25. The fourth-order valence-electron chi connectivity index (χ4n) is 1.41. The number of nitrogens with zero attached hydrogens (tertiary/aromatic N) is 3. The van der Waals surface area contributed by atoms with Crippen LogP contribution in [0.15, 0.2) is 22.5 Å². The molecule has 7 heteroatoms. The Morgan fingerprint density at radius 3 is 3.05 bits per heavy atom. The van der Waals surface area contributed by atoms with Gasteiger partial charge in [0.2, 0.25) is 5.13 Å². The molecule has 0 saturated heterocycles. The molecule has 0 bridgehead atoms. The summed E-state index contributed by atoms with van der Waals surface area (Å²) in [7, 11) is 0. The van der Waals surface area contributed by atoms with E-state index in [1.54, 1.807) is 11.8 Å². The summed E-state index contributed by atoms with van der Waals surface area (Å²) in [4.78, 5) is 0. The first-order valence-corrected chi connectivity index (χ1v) is 8.16. The molecule has 1 atom stereocenters. The highest BCUT2D eigenvalue weighted by Gasteiger charge is 2.09. The largest absolute Gasteiger partial charge is 0.330 e. The van der Waals surface area contributed by atoms with E-state index >= 15 is 0 Å². The molecule has 4 nitrogen and oxygen atoms in total. The smallest absolute Gasteiger partial charge is 0.210 e. The first-order chi connectivity index (χ1) is 9.60. The Hall–Kier alpha value is -1.29. The second kappa shape index (κ2) is 6.93. The Kier molecular flexibility index (Phi) is 5.24. The van der Waals surface area contributed by atoms with E-state index in [2.05, 4.69) is 21.6 Å². The highest BCUT2D eigenvalue weighted by molar-refractivity contribution is 8.01. The average molecular weight is 325 g/mol. The number of thioether (sulfide) groups is 1. The highest BCUT2D eigenvalue weighted by Crippen LogP contribution is 2.31. The highest BCUT2D eigenvalue weighted by atomic mass is 35.5. The number of aromatic nitrogens is 2. The van der Waals surface area contributed by atoms with E-state index in [9.17, 15) is 0 Å². The van der Waals surface area contributed by atoms with Crippen LogP contribution in [0.4, 0.5) is 10.8 Å². The monoisotopic (exact) mass is 324 g/mol. The van der Waals surface area contributed by atoms with Crippen LogP contribution in [0.5, 0.6) is 0 Å². The number of anilines is 2. The van der Waals surface area contributed by atoms with Gasteiger partial charge in [-0.15, -0.1) is 10.2 Å². The molecule has 0 radical (unpaired) electrons. The van der Waals surface area contributed by atoms with Crippen LogP contribution in [0, 0.1) is 24.2 Å². The van der Waals surface area contributed by atoms with Crippen molar-refractivity contribution in [2.45, 2.75) is 18.2 Å². The summed E-state index contributed by atoms with van der Waals surface area (Å²) < 4.78 is 0.856. The molecule has 0 aliphatic rings. The number of nitriles is 1. The maximum absolute atomic E-state index is 8.75. The molecule has 1 aromatic heterocycles. The van der Waals surface area contributed by atoms with Gasteiger partial charge < -0.3 is 5.32 Å². The van der Waals surface area contributed by atoms with Gasteiger partial charge in [-0.2, -0.15) is 5.26 Å². The number of halogens is 1. The fraction of sp³-hybridized carbons (Fsp3) is 0.308. The first kappa shape index (κ1) is 15.1. The summed E-state index contributed by atoms with van der Waals surface area (Å²) in [5.74, 6) is 0.733. The molecule has 0 unspecified atom stereocenters. The van der Waals surface area contributed by atoms with E-state index in [-0.39, 0.29) is 5.92 Å². The SMILES string of the molecule is Cc1c(Cl)cccc1Nc1nnc(SC[C@H](C)C#N)s1. The Morgan fingerprint density at radius 2 is 2.30 bits per heavy atom. The third kappa shape index (κ3) is 3.85. The van der Waals surface area contributed by atoms with Crippen molar-refractivity contribution in [3.05, 3.63) is 28.8 Å². The molecule has 1 N–H and O–H groups in total. The third-order valence-electron chi connectivity index (χ3n) is 2.59. The molecule has 2 aromatic rings. The minimum atomic E-state index is 0.00971. The summed E-state index contributed by atoms with van der Waals surface area (Å²) >= 11 is 9.10. The van der Waals surface area contributed by atoms with Crippen molar-refractivity contribution in [3.8, 4) is 6.07 Å². The van der Waals surface area contributed by atoms with Gasteiger partial charge in [0.1, 0.15) is 0 Å². The van der Waals surface area contributed by atoms with Crippen molar-refractivity contribution in [1.29, 1.82) is 5.26 Å².